The van der Waals surface area contributed by atoms with Gasteiger partial charge in [-0.2, -0.15) is 0 Å². The molecule has 0 atom stereocenters. The molecule has 0 aliphatic carbocycles. The summed E-state index contributed by atoms with van der Waals surface area (Å²) in [6.07, 6.45) is 4.98. The second-order valence-electron chi connectivity index (χ2n) is 2.44. The number of Topliss-reactive ketones (excluding diaryl/α,β-unsaturated/α-hetero) is 1. The van der Waals surface area contributed by atoms with Crippen LogP contribution in [0.3, 0.4) is 0 Å². The lowest BCUT2D eigenvalue weighted by Gasteiger charge is -1.92. The molecule has 0 spiro atoms. The van der Waals surface area contributed by atoms with Crippen molar-refractivity contribution in [2.45, 2.75) is 33.1 Å². The maximum atomic E-state index is 10.7. The Kier molecular flexibility index (Phi) is 4.91. The quantitative estimate of drug-likeness (QED) is 0.432. The number of allylic oxidation sites excluding steroid dienone is 2. The van der Waals surface area contributed by atoms with E-state index in [4.69, 9.17) is 0 Å². The van der Waals surface area contributed by atoms with Crippen molar-refractivity contribution in [2.24, 2.45) is 0 Å². The van der Waals surface area contributed by atoms with E-state index in [0.717, 1.165) is 24.8 Å². The molecule has 0 amide bonds. The van der Waals surface area contributed by atoms with Crippen molar-refractivity contribution in [3.63, 3.8) is 0 Å². The third-order valence-electron chi connectivity index (χ3n) is 1.46. The topological polar surface area (TPSA) is 17.1 Å². The summed E-state index contributed by atoms with van der Waals surface area (Å²) >= 11 is 0. The zero-order chi connectivity index (χ0) is 7.98. The highest BCUT2D eigenvalue weighted by atomic mass is 16.1. The lowest BCUT2D eigenvalue weighted by molar-refractivity contribution is -0.113. The molecule has 0 aromatic rings. The van der Waals surface area contributed by atoms with Crippen LogP contribution in [0.2, 0.25) is 0 Å². The van der Waals surface area contributed by atoms with Crippen molar-refractivity contribution in [3.05, 3.63) is 18.6 Å². The van der Waals surface area contributed by atoms with Gasteiger partial charge in [-0.25, -0.2) is 0 Å². The number of rotatable bonds is 4. The molecule has 0 saturated carbocycles. The molecule has 1 nitrogen and oxygen atoms in total. The summed E-state index contributed by atoms with van der Waals surface area (Å²) in [5.41, 5.74) is 0.869. The summed E-state index contributed by atoms with van der Waals surface area (Å²) in [5, 5.41) is 0. The van der Waals surface area contributed by atoms with Gasteiger partial charge in [-0.1, -0.05) is 19.4 Å². The van der Waals surface area contributed by atoms with Gasteiger partial charge in [0.15, 0.2) is 5.78 Å². The van der Waals surface area contributed by atoms with Crippen LogP contribution in [-0.4, -0.2) is 5.78 Å². The fraction of sp³-hybridized carbons (Fsp3) is 0.556. The van der Waals surface area contributed by atoms with Gasteiger partial charge in [0, 0.05) is 0 Å². The van der Waals surface area contributed by atoms with Crippen molar-refractivity contribution in [1.82, 2.24) is 0 Å². The third kappa shape index (κ3) is 4.30. The zero-order valence-electron chi connectivity index (χ0n) is 6.81. The minimum atomic E-state index is 0.170. The van der Waals surface area contributed by atoms with Crippen molar-refractivity contribution in [3.8, 4) is 0 Å². The first-order valence-corrected chi connectivity index (χ1v) is 3.65. The van der Waals surface area contributed by atoms with E-state index in [1.54, 1.807) is 6.92 Å². The maximum Gasteiger partial charge on any atom is 0.155 e. The predicted molar refractivity (Wildman–Crippen MR) is 43.6 cm³/mol. The summed E-state index contributed by atoms with van der Waals surface area (Å²) < 4.78 is 0. The van der Waals surface area contributed by atoms with Gasteiger partial charge >= 0.3 is 0 Å². The third-order valence-corrected chi connectivity index (χ3v) is 1.46. The molecule has 57 valence electrons. The van der Waals surface area contributed by atoms with Crippen LogP contribution in [0.1, 0.15) is 33.1 Å². The predicted octanol–water partition coefficient (Wildman–Crippen LogP) is 2.53. The first-order valence-electron chi connectivity index (χ1n) is 3.65. The molecule has 0 aromatic carbocycles. The molecular formula is C9H15O. The van der Waals surface area contributed by atoms with E-state index in [-0.39, 0.29) is 5.78 Å². The molecule has 0 rings (SSSR count). The van der Waals surface area contributed by atoms with E-state index in [1.165, 1.54) is 0 Å². The van der Waals surface area contributed by atoms with E-state index in [9.17, 15) is 4.79 Å². The fourth-order valence-electron chi connectivity index (χ4n) is 0.607. The van der Waals surface area contributed by atoms with Gasteiger partial charge in [0.1, 0.15) is 0 Å². The zero-order valence-corrected chi connectivity index (χ0v) is 6.81. The molecule has 0 bridgehead atoms. The van der Waals surface area contributed by atoms with E-state index >= 15 is 0 Å². The summed E-state index contributed by atoms with van der Waals surface area (Å²) in [4.78, 5) is 10.7. The molecule has 10 heavy (non-hydrogen) atoms. The van der Waals surface area contributed by atoms with Gasteiger partial charge < -0.3 is 0 Å². The molecule has 0 saturated heterocycles. The Morgan fingerprint density at radius 2 is 2.10 bits per heavy atom. The maximum absolute atomic E-state index is 10.7. The molecule has 0 aromatic heterocycles. The highest BCUT2D eigenvalue weighted by molar-refractivity contribution is 5.92. The average Bonchev–Trinajstić information content (AvgIpc) is 1.88. The second-order valence-corrected chi connectivity index (χ2v) is 2.44. The van der Waals surface area contributed by atoms with E-state index < -0.39 is 0 Å². The fourth-order valence-corrected chi connectivity index (χ4v) is 0.607. The molecular weight excluding hydrogens is 124 g/mol. The Hall–Kier alpha value is -0.590. The van der Waals surface area contributed by atoms with E-state index in [0.29, 0.717) is 0 Å². The normalized spacial score (nSPS) is 11.7. The summed E-state index contributed by atoms with van der Waals surface area (Å²) in [6.45, 7) is 7.16. The second kappa shape index (κ2) is 5.21. The Balaban J connectivity index is 3.58. The minimum Gasteiger partial charge on any atom is -0.295 e. The standard InChI is InChI=1S/C9H15O/c1-4-5-6-7-8(2)9(3)10/h7H,1,4-6H2,2-3H3/b8-7+. The van der Waals surface area contributed by atoms with Gasteiger partial charge in [0.2, 0.25) is 0 Å². The summed E-state index contributed by atoms with van der Waals surface area (Å²) in [5.74, 6) is 0.170. The molecule has 1 radical (unpaired) electrons. The largest absolute Gasteiger partial charge is 0.295 e. The lowest BCUT2D eigenvalue weighted by atomic mass is 10.1. The average molecular weight is 139 g/mol. The van der Waals surface area contributed by atoms with Crippen LogP contribution in [-0.2, 0) is 4.79 Å². The lowest BCUT2D eigenvalue weighted by Crippen LogP contribution is -1.90. The van der Waals surface area contributed by atoms with Gasteiger partial charge in [-0.15, -0.1) is 0 Å². The van der Waals surface area contributed by atoms with Crippen molar-refractivity contribution >= 4 is 5.78 Å². The molecule has 0 aliphatic rings. The highest BCUT2D eigenvalue weighted by Crippen LogP contribution is 2.00. The SMILES string of the molecule is [CH2]CCC/C=C(\C)C(C)=O. The van der Waals surface area contributed by atoms with Crippen LogP contribution < -0.4 is 0 Å². The van der Waals surface area contributed by atoms with Crippen LogP contribution in [0.5, 0.6) is 0 Å². The van der Waals surface area contributed by atoms with Gasteiger partial charge in [0.25, 0.3) is 0 Å². The van der Waals surface area contributed by atoms with Crippen LogP contribution >= 0.6 is 0 Å². The first kappa shape index (κ1) is 9.41. The van der Waals surface area contributed by atoms with Gasteiger partial charge in [-0.3, -0.25) is 4.79 Å². The molecule has 0 N–H and O–H groups in total. The molecule has 1 heteroatoms. The molecule has 0 aliphatic heterocycles. The minimum absolute atomic E-state index is 0.170. The Labute approximate surface area is 63.1 Å². The summed E-state index contributed by atoms with van der Waals surface area (Å²) in [6, 6.07) is 0. The Morgan fingerprint density at radius 3 is 2.50 bits per heavy atom. The number of hydrogen-bond donors (Lipinski definition) is 0. The monoisotopic (exact) mass is 139 g/mol. The first-order chi connectivity index (χ1) is 4.68. The number of ketones is 1. The van der Waals surface area contributed by atoms with Crippen LogP contribution in [0.25, 0.3) is 0 Å². The van der Waals surface area contributed by atoms with E-state index in [1.807, 2.05) is 13.0 Å². The van der Waals surface area contributed by atoms with Gasteiger partial charge in [0.05, 0.1) is 0 Å². The van der Waals surface area contributed by atoms with Crippen molar-refractivity contribution < 1.29 is 4.79 Å². The van der Waals surface area contributed by atoms with Crippen LogP contribution in [0.15, 0.2) is 11.6 Å². The highest BCUT2D eigenvalue weighted by Gasteiger charge is 1.92. The van der Waals surface area contributed by atoms with Crippen LogP contribution in [0, 0.1) is 6.92 Å². The molecule has 0 fully saturated rings. The number of unbranched alkanes of at least 4 members (excludes halogenated alkanes) is 2. The van der Waals surface area contributed by atoms with Crippen molar-refractivity contribution in [1.29, 1.82) is 0 Å². The smallest absolute Gasteiger partial charge is 0.155 e. The van der Waals surface area contributed by atoms with Crippen molar-refractivity contribution in [2.75, 3.05) is 0 Å². The molecule has 0 heterocycles. The van der Waals surface area contributed by atoms with Gasteiger partial charge in [-0.05, 0) is 32.3 Å². The van der Waals surface area contributed by atoms with E-state index in [2.05, 4.69) is 6.92 Å². The van der Waals surface area contributed by atoms with Crippen LogP contribution in [0.4, 0.5) is 0 Å². The Morgan fingerprint density at radius 1 is 1.50 bits per heavy atom. The number of hydrogen-bond acceptors (Lipinski definition) is 1. The summed E-state index contributed by atoms with van der Waals surface area (Å²) in [7, 11) is 0. The Bertz CT molecular complexity index is 134. The number of carbonyl (C=O) groups is 1. The number of carbonyl (C=O) groups excluding carboxylic acids is 1. The molecule has 0 unspecified atom stereocenters.